The van der Waals surface area contributed by atoms with Crippen molar-refractivity contribution in [2.24, 2.45) is 7.05 Å². The molecule has 2 aromatic heterocycles. The Hall–Kier alpha value is -1.85. The molecule has 0 unspecified atom stereocenters. The smallest absolute Gasteiger partial charge is 0.224 e. The van der Waals surface area contributed by atoms with Gasteiger partial charge in [0.25, 0.3) is 0 Å². The van der Waals surface area contributed by atoms with Crippen LogP contribution in [0.5, 0.6) is 0 Å². The van der Waals surface area contributed by atoms with E-state index >= 15 is 0 Å². The zero-order valence-electron chi connectivity index (χ0n) is 7.44. The third-order valence-corrected chi connectivity index (χ3v) is 1.84. The lowest BCUT2D eigenvalue weighted by Crippen LogP contribution is -1.99. The van der Waals surface area contributed by atoms with Gasteiger partial charge in [0, 0.05) is 20.3 Å². The summed E-state index contributed by atoms with van der Waals surface area (Å²) in [6, 6.07) is 1.85. The molecule has 0 aliphatic rings. The third-order valence-electron chi connectivity index (χ3n) is 1.84. The second kappa shape index (κ2) is 2.89. The highest BCUT2D eigenvalue weighted by Crippen LogP contribution is 2.15. The molecule has 0 saturated carbocycles. The van der Waals surface area contributed by atoms with E-state index in [0.29, 0.717) is 0 Å². The predicted molar refractivity (Wildman–Crippen MR) is 48.1 cm³/mol. The average molecular weight is 178 g/mol. The van der Waals surface area contributed by atoms with Crippen molar-refractivity contribution in [2.75, 3.05) is 12.4 Å². The van der Waals surface area contributed by atoms with E-state index in [1.165, 1.54) is 0 Å². The highest BCUT2D eigenvalue weighted by Gasteiger charge is 2.09. The van der Waals surface area contributed by atoms with E-state index in [9.17, 15) is 0 Å². The van der Waals surface area contributed by atoms with Crippen molar-refractivity contribution >= 4 is 5.95 Å². The van der Waals surface area contributed by atoms with Crippen molar-refractivity contribution in [1.82, 2.24) is 25.0 Å². The number of nitrogens with zero attached hydrogens (tertiary/aromatic N) is 4. The molecule has 0 spiro atoms. The SMILES string of the molecule is CNc1nnc(-c2ccn[nH]2)n1C. The van der Waals surface area contributed by atoms with Gasteiger partial charge in [-0.05, 0) is 6.07 Å². The van der Waals surface area contributed by atoms with Crippen LogP contribution in [0.4, 0.5) is 5.95 Å². The van der Waals surface area contributed by atoms with Crippen molar-refractivity contribution in [3.63, 3.8) is 0 Å². The Bertz CT molecular complexity index is 387. The lowest BCUT2D eigenvalue weighted by Gasteiger charge is -1.99. The molecular weight excluding hydrogens is 168 g/mol. The predicted octanol–water partition coefficient (Wildman–Crippen LogP) is 0.247. The summed E-state index contributed by atoms with van der Waals surface area (Å²) in [7, 11) is 3.70. The second-order valence-electron chi connectivity index (χ2n) is 2.63. The number of rotatable bonds is 2. The molecule has 0 saturated heterocycles. The number of anilines is 1. The zero-order valence-corrected chi connectivity index (χ0v) is 7.44. The van der Waals surface area contributed by atoms with Crippen LogP contribution in [0.2, 0.25) is 0 Å². The van der Waals surface area contributed by atoms with Crippen LogP contribution in [0.15, 0.2) is 12.3 Å². The minimum absolute atomic E-state index is 0.726. The van der Waals surface area contributed by atoms with Crippen molar-refractivity contribution in [2.45, 2.75) is 0 Å². The molecule has 6 nitrogen and oxygen atoms in total. The largest absolute Gasteiger partial charge is 0.357 e. The lowest BCUT2D eigenvalue weighted by atomic mass is 10.4. The molecule has 0 fully saturated rings. The summed E-state index contributed by atoms with van der Waals surface area (Å²) >= 11 is 0. The minimum Gasteiger partial charge on any atom is -0.357 e. The molecule has 0 aliphatic carbocycles. The standard InChI is InChI=1S/C7H10N6/c1-8-7-12-11-6(13(7)2)5-3-4-9-10-5/h3-4H,1-2H3,(H,8,12)(H,9,10). The quantitative estimate of drug-likeness (QED) is 0.691. The second-order valence-corrected chi connectivity index (χ2v) is 2.63. The Morgan fingerprint density at radius 3 is 2.85 bits per heavy atom. The van der Waals surface area contributed by atoms with Gasteiger partial charge in [-0.25, -0.2) is 0 Å². The summed E-state index contributed by atoms with van der Waals surface area (Å²) in [5, 5.41) is 17.6. The minimum atomic E-state index is 0.726. The van der Waals surface area contributed by atoms with Gasteiger partial charge in [0.2, 0.25) is 5.95 Å². The molecule has 68 valence electrons. The maximum absolute atomic E-state index is 4.01. The van der Waals surface area contributed by atoms with Gasteiger partial charge in [0.15, 0.2) is 5.82 Å². The molecule has 0 aromatic carbocycles. The topological polar surface area (TPSA) is 71.4 Å². The van der Waals surface area contributed by atoms with Crippen LogP contribution in [0.3, 0.4) is 0 Å². The summed E-state index contributed by atoms with van der Waals surface area (Å²) in [6.07, 6.45) is 1.68. The lowest BCUT2D eigenvalue weighted by molar-refractivity contribution is 0.915. The Morgan fingerprint density at radius 1 is 1.46 bits per heavy atom. The van der Waals surface area contributed by atoms with Gasteiger partial charge < -0.3 is 5.32 Å². The Morgan fingerprint density at radius 2 is 2.31 bits per heavy atom. The van der Waals surface area contributed by atoms with E-state index in [1.807, 2.05) is 17.7 Å². The number of aromatic amines is 1. The fourth-order valence-electron chi connectivity index (χ4n) is 1.16. The number of H-pyrrole nitrogens is 1. The molecule has 0 radical (unpaired) electrons. The molecule has 0 bridgehead atoms. The monoisotopic (exact) mass is 178 g/mol. The van der Waals surface area contributed by atoms with E-state index < -0.39 is 0 Å². The van der Waals surface area contributed by atoms with E-state index in [4.69, 9.17) is 0 Å². The van der Waals surface area contributed by atoms with Crippen molar-refractivity contribution < 1.29 is 0 Å². The normalized spacial score (nSPS) is 10.3. The maximum atomic E-state index is 4.01. The van der Waals surface area contributed by atoms with E-state index in [-0.39, 0.29) is 0 Å². The van der Waals surface area contributed by atoms with Gasteiger partial charge >= 0.3 is 0 Å². The number of nitrogens with one attached hydrogen (secondary N) is 2. The first-order valence-corrected chi connectivity index (χ1v) is 3.90. The van der Waals surface area contributed by atoms with Gasteiger partial charge in [0.05, 0.1) is 0 Å². The van der Waals surface area contributed by atoms with Crippen LogP contribution in [0, 0.1) is 0 Å². The van der Waals surface area contributed by atoms with Crippen LogP contribution in [-0.2, 0) is 7.05 Å². The van der Waals surface area contributed by atoms with Gasteiger partial charge in [0.1, 0.15) is 5.69 Å². The molecule has 0 amide bonds. The van der Waals surface area contributed by atoms with Crippen LogP contribution in [0.1, 0.15) is 0 Å². The van der Waals surface area contributed by atoms with Gasteiger partial charge in [-0.3, -0.25) is 9.67 Å². The Labute approximate surface area is 75.0 Å². The molecule has 2 N–H and O–H groups in total. The van der Waals surface area contributed by atoms with E-state index in [0.717, 1.165) is 17.5 Å². The van der Waals surface area contributed by atoms with Crippen LogP contribution >= 0.6 is 0 Å². The van der Waals surface area contributed by atoms with Crippen molar-refractivity contribution in [3.8, 4) is 11.5 Å². The van der Waals surface area contributed by atoms with Crippen molar-refractivity contribution in [3.05, 3.63) is 12.3 Å². The van der Waals surface area contributed by atoms with Crippen molar-refractivity contribution in [1.29, 1.82) is 0 Å². The van der Waals surface area contributed by atoms with Gasteiger partial charge in [-0.15, -0.1) is 10.2 Å². The Balaban J connectivity index is 2.48. The summed E-state index contributed by atoms with van der Waals surface area (Å²) in [5.74, 6) is 1.49. The summed E-state index contributed by atoms with van der Waals surface area (Å²) in [6.45, 7) is 0. The molecule has 2 heterocycles. The van der Waals surface area contributed by atoms with E-state index in [1.54, 1.807) is 13.2 Å². The number of hydrogen-bond donors (Lipinski definition) is 2. The first-order valence-electron chi connectivity index (χ1n) is 3.90. The number of aromatic nitrogens is 5. The maximum Gasteiger partial charge on any atom is 0.224 e. The van der Waals surface area contributed by atoms with Crippen LogP contribution < -0.4 is 5.32 Å². The van der Waals surface area contributed by atoms with E-state index in [2.05, 4.69) is 25.7 Å². The fraction of sp³-hybridized carbons (Fsp3) is 0.286. The molecule has 2 aromatic rings. The molecule has 13 heavy (non-hydrogen) atoms. The Kier molecular flexibility index (Phi) is 1.73. The molecule has 0 atom stereocenters. The van der Waals surface area contributed by atoms with Gasteiger partial charge in [-0.2, -0.15) is 5.10 Å². The van der Waals surface area contributed by atoms with Crippen LogP contribution in [0.25, 0.3) is 11.5 Å². The average Bonchev–Trinajstić information content (AvgIpc) is 2.72. The van der Waals surface area contributed by atoms with Crippen LogP contribution in [-0.4, -0.2) is 32.0 Å². The molecule has 0 aliphatic heterocycles. The number of hydrogen-bond acceptors (Lipinski definition) is 4. The van der Waals surface area contributed by atoms with Gasteiger partial charge in [-0.1, -0.05) is 0 Å². The molecule has 2 rings (SSSR count). The molecular formula is C7H10N6. The fourth-order valence-corrected chi connectivity index (χ4v) is 1.16. The summed E-state index contributed by atoms with van der Waals surface area (Å²) in [5.41, 5.74) is 0.858. The summed E-state index contributed by atoms with van der Waals surface area (Å²) in [4.78, 5) is 0. The highest BCUT2D eigenvalue weighted by molar-refractivity contribution is 5.51. The first-order chi connectivity index (χ1) is 6.33. The third kappa shape index (κ3) is 1.16. The first kappa shape index (κ1) is 7.78. The zero-order chi connectivity index (χ0) is 9.26. The highest BCUT2D eigenvalue weighted by atomic mass is 15.3. The molecule has 6 heteroatoms. The summed E-state index contributed by atoms with van der Waals surface area (Å²) < 4.78 is 1.85.